The molecule has 1 aromatic rings. The van der Waals surface area contributed by atoms with Crippen LogP contribution in [-0.4, -0.2) is 16.0 Å². The lowest BCUT2D eigenvalue weighted by molar-refractivity contribution is -0.156. The first kappa shape index (κ1) is 14.3. The number of nitrogens with zero attached hydrogens (tertiary/aromatic N) is 2. The molecule has 0 aliphatic heterocycles. The fraction of sp³-hybridized carbons (Fsp3) is 0.750. The van der Waals surface area contributed by atoms with Crippen LogP contribution in [0, 0.1) is 18.3 Å². The summed E-state index contributed by atoms with van der Waals surface area (Å²) >= 11 is 0. The van der Waals surface area contributed by atoms with Gasteiger partial charge in [-0.2, -0.15) is 27.1 Å². The molecule has 2 nitrogen and oxygen atoms in total. The second-order valence-corrected chi connectivity index (χ2v) is 5.70. The monoisotopic (exact) mass is 282 g/mol. The van der Waals surface area contributed by atoms with Crippen LogP contribution < -0.4 is 0 Å². The average Bonchev–Trinajstić information content (AvgIpc) is 2.70. The lowest BCUT2D eigenvalue weighted by atomic mass is 10.1. The highest BCUT2D eigenvalue weighted by atomic mass is 19.4. The molecular weight excluding hydrogens is 267 g/mol. The fourth-order valence-corrected chi connectivity index (χ4v) is 2.50. The zero-order chi connectivity index (χ0) is 14.6. The van der Waals surface area contributed by atoms with E-state index in [0.717, 1.165) is 6.92 Å². The minimum atomic E-state index is -4.23. The highest BCUT2D eigenvalue weighted by Gasteiger charge is 2.64. The van der Waals surface area contributed by atoms with Gasteiger partial charge in [0.2, 0.25) is 0 Å². The molecule has 1 heterocycles. The van der Waals surface area contributed by atoms with E-state index in [1.165, 1.54) is 24.7 Å². The van der Waals surface area contributed by atoms with Gasteiger partial charge in [-0.25, -0.2) is 0 Å². The fourth-order valence-electron chi connectivity index (χ4n) is 2.50. The number of aryl methyl sites for hydroxylation is 1. The second kappa shape index (κ2) is 3.93. The van der Waals surface area contributed by atoms with Crippen LogP contribution in [0.2, 0.25) is 0 Å². The van der Waals surface area contributed by atoms with Crippen molar-refractivity contribution in [2.24, 2.45) is 11.3 Å². The maximum Gasteiger partial charge on any atom is 0.392 e. The van der Waals surface area contributed by atoms with E-state index in [-0.39, 0.29) is 18.7 Å². The van der Waals surface area contributed by atoms with E-state index in [2.05, 4.69) is 5.10 Å². The zero-order valence-electron chi connectivity index (χ0n) is 10.9. The lowest BCUT2D eigenvalue weighted by Crippen LogP contribution is -2.20. The van der Waals surface area contributed by atoms with Crippen molar-refractivity contribution in [3.8, 4) is 0 Å². The molecule has 0 aromatic carbocycles. The summed E-state index contributed by atoms with van der Waals surface area (Å²) in [4.78, 5) is 0. The first-order chi connectivity index (χ1) is 8.43. The summed E-state index contributed by atoms with van der Waals surface area (Å²) in [6.07, 6.45) is -2.83. The molecule has 0 bridgehead atoms. The predicted molar refractivity (Wildman–Crippen MR) is 58.8 cm³/mol. The smallest absolute Gasteiger partial charge is 0.271 e. The van der Waals surface area contributed by atoms with E-state index in [1.807, 2.05) is 0 Å². The highest BCUT2D eigenvalue weighted by molar-refractivity contribution is 5.19. The molecule has 0 amide bonds. The number of alkyl halides is 5. The SMILES string of the molecule is Cc1cn(CC2(C)CC2C(F)(F)F)nc1C(C)(F)F. The van der Waals surface area contributed by atoms with Crippen molar-refractivity contribution in [2.45, 2.75) is 45.8 Å². The molecule has 2 atom stereocenters. The van der Waals surface area contributed by atoms with Gasteiger partial charge in [0, 0.05) is 19.7 Å². The van der Waals surface area contributed by atoms with Crippen LogP contribution >= 0.6 is 0 Å². The van der Waals surface area contributed by atoms with Crippen molar-refractivity contribution in [1.82, 2.24) is 9.78 Å². The van der Waals surface area contributed by atoms with Crippen molar-refractivity contribution < 1.29 is 22.0 Å². The van der Waals surface area contributed by atoms with Gasteiger partial charge in [-0.15, -0.1) is 0 Å². The number of hydrogen-bond acceptors (Lipinski definition) is 1. The third-order valence-corrected chi connectivity index (χ3v) is 3.63. The van der Waals surface area contributed by atoms with Gasteiger partial charge in [0.15, 0.2) is 0 Å². The topological polar surface area (TPSA) is 17.8 Å². The van der Waals surface area contributed by atoms with Gasteiger partial charge >= 0.3 is 6.18 Å². The van der Waals surface area contributed by atoms with E-state index in [0.29, 0.717) is 5.56 Å². The molecule has 7 heteroatoms. The van der Waals surface area contributed by atoms with Gasteiger partial charge in [-0.3, -0.25) is 4.68 Å². The quantitative estimate of drug-likeness (QED) is 0.769. The summed E-state index contributed by atoms with van der Waals surface area (Å²) in [5.74, 6) is -4.45. The molecule has 1 saturated carbocycles. The summed E-state index contributed by atoms with van der Waals surface area (Å²) in [6.45, 7) is 3.72. The van der Waals surface area contributed by atoms with Crippen molar-refractivity contribution in [3.05, 3.63) is 17.5 Å². The molecule has 1 fully saturated rings. The normalized spacial score (nSPS) is 27.7. The van der Waals surface area contributed by atoms with Crippen LogP contribution in [0.1, 0.15) is 31.5 Å². The molecule has 0 N–H and O–H groups in total. The largest absolute Gasteiger partial charge is 0.392 e. The molecule has 1 aliphatic carbocycles. The van der Waals surface area contributed by atoms with Gasteiger partial charge in [0.1, 0.15) is 5.69 Å². The van der Waals surface area contributed by atoms with Crippen molar-refractivity contribution in [2.75, 3.05) is 0 Å². The Bertz CT molecular complexity index is 485. The Morgan fingerprint density at radius 2 is 1.95 bits per heavy atom. The summed E-state index contributed by atoms with van der Waals surface area (Å²) in [6, 6.07) is 0. The third kappa shape index (κ3) is 2.74. The average molecular weight is 282 g/mol. The van der Waals surface area contributed by atoms with Gasteiger partial charge in [0.25, 0.3) is 5.92 Å². The standard InChI is InChI=1S/C12H15F5N2/c1-7-5-19(18-9(7)11(3,13)14)6-10(2)4-8(10)12(15,16)17/h5,8H,4,6H2,1-3H3. The minimum Gasteiger partial charge on any atom is -0.271 e. The molecule has 0 spiro atoms. The third-order valence-electron chi connectivity index (χ3n) is 3.63. The Kier molecular flexibility index (Phi) is 2.95. The Balaban J connectivity index is 2.14. The van der Waals surface area contributed by atoms with E-state index in [1.54, 1.807) is 0 Å². The predicted octanol–water partition coefficient (Wildman–Crippen LogP) is 3.89. The molecule has 2 rings (SSSR count). The van der Waals surface area contributed by atoms with E-state index < -0.39 is 23.4 Å². The van der Waals surface area contributed by atoms with Crippen molar-refractivity contribution >= 4 is 0 Å². The maximum atomic E-state index is 13.2. The van der Waals surface area contributed by atoms with Crippen LogP contribution in [0.25, 0.3) is 0 Å². The van der Waals surface area contributed by atoms with Gasteiger partial charge < -0.3 is 0 Å². The van der Waals surface area contributed by atoms with E-state index in [9.17, 15) is 22.0 Å². The van der Waals surface area contributed by atoms with Crippen LogP contribution in [0.4, 0.5) is 22.0 Å². The van der Waals surface area contributed by atoms with Crippen LogP contribution in [0.5, 0.6) is 0 Å². The van der Waals surface area contributed by atoms with Crippen molar-refractivity contribution in [1.29, 1.82) is 0 Å². The van der Waals surface area contributed by atoms with Gasteiger partial charge in [0.05, 0.1) is 5.92 Å². The van der Waals surface area contributed by atoms with Crippen LogP contribution in [-0.2, 0) is 12.5 Å². The highest BCUT2D eigenvalue weighted by Crippen LogP contribution is 2.60. The Hall–Kier alpha value is -1.14. The summed E-state index contributed by atoms with van der Waals surface area (Å²) < 4.78 is 65.3. The molecule has 0 saturated heterocycles. The molecule has 108 valence electrons. The number of hydrogen-bond donors (Lipinski definition) is 0. The Morgan fingerprint density at radius 3 is 2.32 bits per heavy atom. The molecular formula is C12H15F5N2. The second-order valence-electron chi connectivity index (χ2n) is 5.70. The molecule has 1 aromatic heterocycles. The first-order valence-corrected chi connectivity index (χ1v) is 5.92. The summed E-state index contributed by atoms with van der Waals surface area (Å²) in [5, 5.41) is 3.72. The molecule has 19 heavy (non-hydrogen) atoms. The summed E-state index contributed by atoms with van der Waals surface area (Å²) in [7, 11) is 0. The van der Waals surface area contributed by atoms with Crippen molar-refractivity contribution in [3.63, 3.8) is 0 Å². The van der Waals surface area contributed by atoms with Crippen LogP contribution in [0.15, 0.2) is 6.20 Å². The Morgan fingerprint density at radius 1 is 1.37 bits per heavy atom. The molecule has 1 aliphatic rings. The summed E-state index contributed by atoms with van der Waals surface area (Å²) in [5.41, 5.74) is -1.02. The maximum absolute atomic E-state index is 13.2. The van der Waals surface area contributed by atoms with E-state index >= 15 is 0 Å². The van der Waals surface area contributed by atoms with Gasteiger partial charge in [-0.05, 0) is 24.3 Å². The lowest BCUT2D eigenvalue weighted by Gasteiger charge is -2.13. The minimum absolute atomic E-state index is 0.00803. The van der Waals surface area contributed by atoms with Crippen LogP contribution in [0.3, 0.4) is 0 Å². The number of aromatic nitrogens is 2. The number of halogens is 5. The zero-order valence-corrected chi connectivity index (χ0v) is 10.9. The molecule has 2 unspecified atom stereocenters. The molecule has 0 radical (unpaired) electrons. The number of rotatable bonds is 3. The van der Waals surface area contributed by atoms with E-state index in [4.69, 9.17) is 0 Å². The Labute approximate surface area is 107 Å². The first-order valence-electron chi connectivity index (χ1n) is 5.92. The van der Waals surface area contributed by atoms with Gasteiger partial charge in [-0.1, -0.05) is 6.92 Å².